The van der Waals surface area contributed by atoms with Gasteiger partial charge in [0.25, 0.3) is 0 Å². The summed E-state index contributed by atoms with van der Waals surface area (Å²) in [5.74, 6) is 1.28. The number of benzene rings is 1. The number of aromatic nitrogens is 3. The summed E-state index contributed by atoms with van der Waals surface area (Å²) < 4.78 is 23.0. The molecular formula is C15H18ClN5O2S. The second-order valence-electron chi connectivity index (χ2n) is 5.72. The van der Waals surface area contributed by atoms with E-state index in [9.17, 15) is 8.42 Å². The van der Waals surface area contributed by atoms with Gasteiger partial charge >= 0.3 is 0 Å². The van der Waals surface area contributed by atoms with Gasteiger partial charge in [0.2, 0.25) is 5.95 Å². The molecule has 9 heteroatoms. The molecule has 1 fully saturated rings. The van der Waals surface area contributed by atoms with Crippen LogP contribution in [0.5, 0.6) is 0 Å². The standard InChI is InChI=1S/C15H18ClN5O2S/c16-12-3-1-2-11(8-12)4-6-17-15-20-14(9-18-21-15)19-13-5-7-24(22,23)10-13/h1-3,8-9,13H,4-7,10H2,(H2,17,19,20,21). The molecule has 0 spiro atoms. The van der Waals surface area contributed by atoms with E-state index in [0.29, 0.717) is 29.8 Å². The van der Waals surface area contributed by atoms with E-state index in [1.54, 1.807) is 0 Å². The fraction of sp³-hybridized carbons (Fsp3) is 0.400. The fourth-order valence-corrected chi connectivity index (χ4v) is 4.46. The number of anilines is 2. The normalized spacial score (nSPS) is 19.1. The van der Waals surface area contributed by atoms with Crippen molar-refractivity contribution in [3.05, 3.63) is 41.0 Å². The Morgan fingerprint density at radius 2 is 2.21 bits per heavy atom. The third kappa shape index (κ3) is 4.78. The summed E-state index contributed by atoms with van der Waals surface area (Å²) in [4.78, 5) is 4.32. The van der Waals surface area contributed by atoms with Crippen molar-refractivity contribution in [3.63, 3.8) is 0 Å². The summed E-state index contributed by atoms with van der Waals surface area (Å²) in [6.45, 7) is 0.642. The lowest BCUT2D eigenvalue weighted by Crippen LogP contribution is -2.22. The van der Waals surface area contributed by atoms with Gasteiger partial charge in [-0.1, -0.05) is 23.7 Å². The Kier molecular flexibility index (Phi) is 5.15. The largest absolute Gasteiger partial charge is 0.365 e. The molecule has 0 bridgehead atoms. The summed E-state index contributed by atoms with van der Waals surface area (Å²) in [7, 11) is -2.93. The molecule has 1 atom stereocenters. The Labute approximate surface area is 145 Å². The van der Waals surface area contributed by atoms with E-state index in [-0.39, 0.29) is 17.5 Å². The summed E-state index contributed by atoms with van der Waals surface area (Å²) in [6, 6.07) is 7.55. The van der Waals surface area contributed by atoms with Gasteiger partial charge in [0.1, 0.15) is 0 Å². The lowest BCUT2D eigenvalue weighted by atomic mass is 10.1. The van der Waals surface area contributed by atoms with Crippen LogP contribution in [0.2, 0.25) is 5.02 Å². The quantitative estimate of drug-likeness (QED) is 0.803. The number of sulfone groups is 1. The third-order valence-corrected chi connectivity index (χ3v) is 5.73. The van der Waals surface area contributed by atoms with Crippen LogP contribution in [-0.2, 0) is 16.3 Å². The lowest BCUT2D eigenvalue weighted by Gasteiger charge is -2.11. The van der Waals surface area contributed by atoms with Crippen LogP contribution in [0, 0.1) is 0 Å². The van der Waals surface area contributed by atoms with Crippen LogP contribution in [0.25, 0.3) is 0 Å². The second kappa shape index (κ2) is 7.31. The SMILES string of the molecule is O=S1(=O)CCC(Nc2cnnc(NCCc3cccc(Cl)c3)n2)C1. The zero-order valence-corrected chi connectivity index (χ0v) is 14.5. The van der Waals surface area contributed by atoms with Gasteiger partial charge in [-0.05, 0) is 30.5 Å². The van der Waals surface area contributed by atoms with Crippen molar-refractivity contribution < 1.29 is 8.42 Å². The smallest absolute Gasteiger partial charge is 0.244 e. The van der Waals surface area contributed by atoms with Gasteiger partial charge in [-0.3, -0.25) is 0 Å². The van der Waals surface area contributed by atoms with E-state index in [0.717, 1.165) is 12.0 Å². The molecule has 128 valence electrons. The highest BCUT2D eigenvalue weighted by molar-refractivity contribution is 7.91. The highest BCUT2D eigenvalue weighted by atomic mass is 35.5. The van der Waals surface area contributed by atoms with Crippen LogP contribution >= 0.6 is 11.6 Å². The van der Waals surface area contributed by atoms with Gasteiger partial charge < -0.3 is 10.6 Å². The predicted molar refractivity (Wildman–Crippen MR) is 94.2 cm³/mol. The number of halogens is 1. The number of nitrogens with one attached hydrogen (secondary N) is 2. The minimum Gasteiger partial charge on any atom is -0.365 e. The van der Waals surface area contributed by atoms with Crippen molar-refractivity contribution in [3.8, 4) is 0 Å². The maximum absolute atomic E-state index is 11.5. The van der Waals surface area contributed by atoms with E-state index in [4.69, 9.17) is 11.6 Å². The van der Waals surface area contributed by atoms with Gasteiger partial charge in [-0.2, -0.15) is 10.1 Å². The van der Waals surface area contributed by atoms with Crippen molar-refractivity contribution >= 4 is 33.2 Å². The zero-order chi connectivity index (χ0) is 17.0. The summed E-state index contributed by atoms with van der Waals surface area (Å²) >= 11 is 5.96. The first-order chi connectivity index (χ1) is 11.5. The number of hydrogen-bond acceptors (Lipinski definition) is 7. The minimum absolute atomic E-state index is 0.119. The number of rotatable bonds is 6. The van der Waals surface area contributed by atoms with Crippen LogP contribution in [-0.4, -0.2) is 47.7 Å². The topological polar surface area (TPSA) is 96.9 Å². The summed E-state index contributed by atoms with van der Waals surface area (Å²) in [5, 5.41) is 14.8. The minimum atomic E-state index is -2.93. The van der Waals surface area contributed by atoms with E-state index in [1.165, 1.54) is 6.20 Å². The molecule has 2 N–H and O–H groups in total. The van der Waals surface area contributed by atoms with Crippen LogP contribution in [0.15, 0.2) is 30.5 Å². The van der Waals surface area contributed by atoms with Crippen molar-refractivity contribution in [2.75, 3.05) is 28.7 Å². The molecule has 3 rings (SSSR count). The summed E-state index contributed by atoms with van der Waals surface area (Å²) in [6.07, 6.45) is 2.86. The molecule has 2 heterocycles. The van der Waals surface area contributed by atoms with Gasteiger partial charge in [0.15, 0.2) is 15.7 Å². The maximum Gasteiger partial charge on any atom is 0.244 e. The Bertz CT molecular complexity index is 815. The Balaban J connectivity index is 1.53. The lowest BCUT2D eigenvalue weighted by molar-refractivity contribution is 0.602. The molecule has 1 saturated heterocycles. The molecule has 0 amide bonds. The van der Waals surface area contributed by atoms with Gasteiger partial charge in [-0.15, -0.1) is 5.10 Å². The van der Waals surface area contributed by atoms with Crippen molar-refractivity contribution in [1.29, 1.82) is 0 Å². The first kappa shape index (κ1) is 16.9. The average molecular weight is 368 g/mol. The number of nitrogens with zero attached hydrogens (tertiary/aromatic N) is 3. The molecule has 1 aromatic heterocycles. The van der Waals surface area contributed by atoms with Gasteiger partial charge in [-0.25, -0.2) is 8.42 Å². The first-order valence-electron chi connectivity index (χ1n) is 7.65. The second-order valence-corrected chi connectivity index (χ2v) is 8.38. The molecule has 1 unspecified atom stereocenters. The monoisotopic (exact) mass is 367 g/mol. The highest BCUT2D eigenvalue weighted by Gasteiger charge is 2.28. The fourth-order valence-electron chi connectivity index (χ4n) is 2.58. The van der Waals surface area contributed by atoms with E-state index < -0.39 is 9.84 Å². The maximum atomic E-state index is 11.5. The molecule has 24 heavy (non-hydrogen) atoms. The molecular weight excluding hydrogens is 350 g/mol. The van der Waals surface area contributed by atoms with Crippen LogP contribution < -0.4 is 10.6 Å². The van der Waals surface area contributed by atoms with Crippen LogP contribution in [0.1, 0.15) is 12.0 Å². The van der Waals surface area contributed by atoms with Crippen molar-refractivity contribution in [2.45, 2.75) is 18.9 Å². The zero-order valence-electron chi connectivity index (χ0n) is 12.9. The van der Waals surface area contributed by atoms with Crippen molar-refractivity contribution in [2.24, 2.45) is 0 Å². The molecule has 0 radical (unpaired) electrons. The van der Waals surface area contributed by atoms with Crippen molar-refractivity contribution in [1.82, 2.24) is 15.2 Å². The molecule has 0 aliphatic carbocycles. The predicted octanol–water partition coefficient (Wildman–Crippen LogP) is 1.78. The molecule has 7 nitrogen and oxygen atoms in total. The Morgan fingerprint density at radius 1 is 1.33 bits per heavy atom. The van der Waals surface area contributed by atoms with Crippen LogP contribution in [0.4, 0.5) is 11.8 Å². The van der Waals surface area contributed by atoms with E-state index >= 15 is 0 Å². The Hall–Kier alpha value is -1.93. The molecule has 1 aromatic carbocycles. The van der Waals surface area contributed by atoms with Gasteiger partial charge in [0.05, 0.1) is 17.7 Å². The van der Waals surface area contributed by atoms with Gasteiger partial charge in [0, 0.05) is 17.6 Å². The Morgan fingerprint density at radius 3 is 2.96 bits per heavy atom. The number of hydrogen-bond donors (Lipinski definition) is 2. The molecule has 0 saturated carbocycles. The van der Waals surface area contributed by atoms with E-state index in [1.807, 2.05) is 24.3 Å². The molecule has 2 aromatic rings. The average Bonchev–Trinajstić information content (AvgIpc) is 2.86. The third-order valence-electron chi connectivity index (χ3n) is 3.73. The summed E-state index contributed by atoms with van der Waals surface area (Å²) in [5.41, 5.74) is 1.12. The molecule has 1 aliphatic rings. The van der Waals surface area contributed by atoms with Crippen LogP contribution in [0.3, 0.4) is 0 Å². The molecule has 1 aliphatic heterocycles. The first-order valence-corrected chi connectivity index (χ1v) is 9.85. The highest BCUT2D eigenvalue weighted by Crippen LogP contribution is 2.16. The van der Waals surface area contributed by atoms with E-state index in [2.05, 4.69) is 25.8 Å².